The highest BCUT2D eigenvalue weighted by Gasteiger charge is 2.25. The third kappa shape index (κ3) is 3.74. The van der Waals surface area contributed by atoms with Gasteiger partial charge in [0.05, 0.1) is 11.3 Å². The molecule has 0 unspecified atom stereocenters. The third-order valence-corrected chi connectivity index (χ3v) is 4.25. The zero-order valence-electron chi connectivity index (χ0n) is 12.5. The summed E-state index contributed by atoms with van der Waals surface area (Å²) in [6.07, 6.45) is 4.28. The highest BCUT2D eigenvalue weighted by Crippen LogP contribution is 2.27. The van der Waals surface area contributed by atoms with Crippen molar-refractivity contribution in [2.45, 2.75) is 38.6 Å². The number of carbonyl (C=O) groups excluding carboxylic acids is 1. The van der Waals surface area contributed by atoms with Crippen LogP contribution in [0.4, 0.5) is 10.5 Å². The standard InChI is InChI=1S/C16H22N2O3/c1-11-7-9-12(10-8-11)18(2)16(21)17-14-6-4-3-5-13(14)15(19)20/h3-6,11-12H,7-10H2,1-2H3,(H,17,21)(H,19,20). The molecule has 1 aliphatic rings. The number of aromatic carboxylic acids is 1. The van der Waals surface area contributed by atoms with Gasteiger partial charge in [-0.25, -0.2) is 9.59 Å². The molecule has 1 aromatic carbocycles. The second-order valence-electron chi connectivity index (χ2n) is 5.81. The largest absolute Gasteiger partial charge is 0.478 e. The molecule has 0 aliphatic heterocycles. The maximum atomic E-state index is 12.3. The Hall–Kier alpha value is -2.04. The van der Waals surface area contributed by atoms with Crippen LogP contribution in [0.25, 0.3) is 0 Å². The molecule has 0 atom stereocenters. The second kappa shape index (κ2) is 6.61. The Labute approximate surface area is 125 Å². The first-order valence-corrected chi connectivity index (χ1v) is 7.35. The van der Waals surface area contributed by atoms with Gasteiger partial charge in [0, 0.05) is 13.1 Å². The number of para-hydroxylation sites is 1. The van der Waals surface area contributed by atoms with Crippen molar-refractivity contribution in [1.82, 2.24) is 4.90 Å². The molecule has 1 fully saturated rings. The van der Waals surface area contributed by atoms with E-state index in [1.165, 1.54) is 6.07 Å². The van der Waals surface area contributed by atoms with Crippen molar-refractivity contribution in [2.24, 2.45) is 5.92 Å². The summed E-state index contributed by atoms with van der Waals surface area (Å²) in [5.41, 5.74) is 0.447. The molecule has 0 aromatic heterocycles. The van der Waals surface area contributed by atoms with Crippen molar-refractivity contribution in [3.63, 3.8) is 0 Å². The molecule has 114 valence electrons. The molecule has 0 saturated heterocycles. The molecule has 2 rings (SSSR count). The Morgan fingerprint density at radius 3 is 2.43 bits per heavy atom. The van der Waals surface area contributed by atoms with Crippen LogP contribution in [0, 0.1) is 5.92 Å². The minimum absolute atomic E-state index is 0.108. The molecule has 1 saturated carbocycles. The lowest BCUT2D eigenvalue weighted by molar-refractivity contribution is 0.0698. The molecule has 2 amide bonds. The van der Waals surface area contributed by atoms with E-state index in [1.807, 2.05) is 0 Å². The highest BCUT2D eigenvalue weighted by molar-refractivity contribution is 5.99. The van der Waals surface area contributed by atoms with E-state index in [2.05, 4.69) is 12.2 Å². The number of anilines is 1. The number of carboxylic acid groups (broad SMARTS) is 1. The summed E-state index contributed by atoms with van der Waals surface area (Å²) in [5.74, 6) is -0.314. The van der Waals surface area contributed by atoms with E-state index in [-0.39, 0.29) is 17.6 Å². The number of carbonyl (C=O) groups is 2. The third-order valence-electron chi connectivity index (χ3n) is 4.25. The topological polar surface area (TPSA) is 69.6 Å². The maximum absolute atomic E-state index is 12.3. The zero-order valence-corrected chi connectivity index (χ0v) is 12.5. The summed E-state index contributed by atoms with van der Waals surface area (Å²) >= 11 is 0. The number of carboxylic acids is 1. The fourth-order valence-electron chi connectivity index (χ4n) is 2.78. The summed E-state index contributed by atoms with van der Waals surface area (Å²) in [4.78, 5) is 25.1. The van der Waals surface area contributed by atoms with Crippen LogP contribution < -0.4 is 5.32 Å². The molecule has 2 N–H and O–H groups in total. The fourth-order valence-corrected chi connectivity index (χ4v) is 2.78. The van der Waals surface area contributed by atoms with Crippen LogP contribution in [-0.2, 0) is 0 Å². The van der Waals surface area contributed by atoms with Crippen LogP contribution in [0.1, 0.15) is 43.0 Å². The Morgan fingerprint density at radius 2 is 1.81 bits per heavy atom. The Morgan fingerprint density at radius 1 is 1.19 bits per heavy atom. The van der Waals surface area contributed by atoms with Gasteiger partial charge < -0.3 is 15.3 Å². The van der Waals surface area contributed by atoms with Gasteiger partial charge in [0.1, 0.15) is 0 Å². The van der Waals surface area contributed by atoms with Gasteiger partial charge in [-0.05, 0) is 43.7 Å². The SMILES string of the molecule is CC1CCC(N(C)C(=O)Nc2ccccc2C(=O)O)CC1. The molecular weight excluding hydrogens is 268 g/mol. The van der Waals surface area contributed by atoms with E-state index >= 15 is 0 Å². The van der Waals surface area contributed by atoms with Crippen LogP contribution in [-0.4, -0.2) is 35.1 Å². The van der Waals surface area contributed by atoms with E-state index in [4.69, 9.17) is 5.11 Å². The Balaban J connectivity index is 2.03. The lowest BCUT2D eigenvalue weighted by atomic mass is 9.87. The van der Waals surface area contributed by atoms with E-state index in [0.29, 0.717) is 5.69 Å². The van der Waals surface area contributed by atoms with Gasteiger partial charge in [-0.1, -0.05) is 19.1 Å². The maximum Gasteiger partial charge on any atom is 0.337 e. The minimum atomic E-state index is -1.04. The molecule has 0 heterocycles. The number of hydrogen-bond donors (Lipinski definition) is 2. The summed E-state index contributed by atoms with van der Waals surface area (Å²) in [7, 11) is 1.78. The molecule has 5 heteroatoms. The number of urea groups is 1. The number of benzene rings is 1. The summed E-state index contributed by atoms with van der Waals surface area (Å²) in [6.45, 7) is 2.24. The highest BCUT2D eigenvalue weighted by atomic mass is 16.4. The molecule has 21 heavy (non-hydrogen) atoms. The summed E-state index contributed by atoms with van der Waals surface area (Å²) in [5, 5.41) is 11.8. The van der Waals surface area contributed by atoms with Gasteiger partial charge in [0.25, 0.3) is 0 Å². The lowest BCUT2D eigenvalue weighted by Crippen LogP contribution is -2.41. The van der Waals surface area contributed by atoms with Crippen molar-refractivity contribution in [1.29, 1.82) is 0 Å². The number of hydrogen-bond acceptors (Lipinski definition) is 2. The van der Waals surface area contributed by atoms with Crippen LogP contribution >= 0.6 is 0 Å². The molecule has 0 bridgehead atoms. The van der Waals surface area contributed by atoms with E-state index < -0.39 is 5.97 Å². The van der Waals surface area contributed by atoms with Gasteiger partial charge in [-0.15, -0.1) is 0 Å². The van der Waals surface area contributed by atoms with Gasteiger partial charge in [-0.2, -0.15) is 0 Å². The van der Waals surface area contributed by atoms with Gasteiger partial charge in [-0.3, -0.25) is 0 Å². The number of nitrogens with zero attached hydrogens (tertiary/aromatic N) is 1. The zero-order chi connectivity index (χ0) is 15.4. The summed E-state index contributed by atoms with van der Waals surface area (Å²) < 4.78 is 0. The average molecular weight is 290 g/mol. The van der Waals surface area contributed by atoms with Crippen LogP contribution in [0.5, 0.6) is 0 Å². The first-order chi connectivity index (χ1) is 9.99. The average Bonchev–Trinajstić information content (AvgIpc) is 2.47. The Bertz CT molecular complexity index is 522. The van der Waals surface area contributed by atoms with E-state index in [0.717, 1.165) is 31.6 Å². The molecule has 0 spiro atoms. The van der Waals surface area contributed by atoms with Gasteiger partial charge >= 0.3 is 12.0 Å². The predicted octanol–water partition coefficient (Wildman–Crippen LogP) is 3.43. The van der Waals surface area contributed by atoms with E-state index in [9.17, 15) is 9.59 Å². The van der Waals surface area contributed by atoms with Crippen molar-refractivity contribution in [3.8, 4) is 0 Å². The lowest BCUT2D eigenvalue weighted by Gasteiger charge is -2.33. The van der Waals surface area contributed by atoms with Crippen molar-refractivity contribution < 1.29 is 14.7 Å². The minimum Gasteiger partial charge on any atom is -0.478 e. The molecule has 0 radical (unpaired) electrons. The summed E-state index contributed by atoms with van der Waals surface area (Å²) in [6, 6.07) is 6.44. The number of rotatable bonds is 3. The van der Waals surface area contributed by atoms with E-state index in [1.54, 1.807) is 30.1 Å². The monoisotopic (exact) mass is 290 g/mol. The van der Waals surface area contributed by atoms with Crippen molar-refractivity contribution >= 4 is 17.7 Å². The number of amides is 2. The van der Waals surface area contributed by atoms with Crippen LogP contribution in [0.15, 0.2) is 24.3 Å². The first kappa shape index (κ1) is 15.4. The first-order valence-electron chi connectivity index (χ1n) is 7.35. The number of nitrogens with one attached hydrogen (secondary N) is 1. The van der Waals surface area contributed by atoms with Crippen LogP contribution in [0.2, 0.25) is 0 Å². The second-order valence-corrected chi connectivity index (χ2v) is 5.81. The Kier molecular flexibility index (Phi) is 4.83. The van der Waals surface area contributed by atoms with Gasteiger partial charge in [0.15, 0.2) is 0 Å². The van der Waals surface area contributed by atoms with Crippen molar-refractivity contribution in [3.05, 3.63) is 29.8 Å². The van der Waals surface area contributed by atoms with Crippen molar-refractivity contribution in [2.75, 3.05) is 12.4 Å². The predicted molar refractivity (Wildman–Crippen MR) is 81.6 cm³/mol. The quantitative estimate of drug-likeness (QED) is 0.896. The fraction of sp³-hybridized carbons (Fsp3) is 0.500. The van der Waals surface area contributed by atoms with Crippen LogP contribution in [0.3, 0.4) is 0 Å². The smallest absolute Gasteiger partial charge is 0.337 e. The molecule has 1 aliphatic carbocycles. The molecule has 5 nitrogen and oxygen atoms in total. The molecule has 1 aromatic rings. The van der Waals surface area contributed by atoms with Gasteiger partial charge in [0.2, 0.25) is 0 Å². The normalized spacial score (nSPS) is 21.6. The molecular formula is C16H22N2O3.